The summed E-state index contributed by atoms with van der Waals surface area (Å²) in [6, 6.07) is 7.97. The summed E-state index contributed by atoms with van der Waals surface area (Å²) in [6.07, 6.45) is -3.37. The van der Waals surface area contributed by atoms with Crippen molar-refractivity contribution in [2.75, 3.05) is 45.8 Å². The van der Waals surface area contributed by atoms with E-state index in [0.29, 0.717) is 40.4 Å². The lowest BCUT2D eigenvalue weighted by atomic mass is 10.1. The third-order valence-corrected chi connectivity index (χ3v) is 7.03. The minimum atomic E-state index is -5.25. The number of halogens is 3. The van der Waals surface area contributed by atoms with E-state index in [0.717, 1.165) is 19.4 Å². The number of hydrogen-bond acceptors (Lipinski definition) is 12. The Morgan fingerprint density at radius 1 is 1.02 bits per heavy atom. The molecular weight excluding hydrogens is 573 g/mol. The van der Waals surface area contributed by atoms with Gasteiger partial charge in [0.15, 0.2) is 11.5 Å². The van der Waals surface area contributed by atoms with E-state index in [1.54, 1.807) is 25.1 Å². The first kappa shape index (κ1) is 30.0. The van der Waals surface area contributed by atoms with Crippen molar-refractivity contribution in [3.05, 3.63) is 36.0 Å². The number of anilines is 2. The van der Waals surface area contributed by atoms with Crippen molar-refractivity contribution in [3.63, 3.8) is 0 Å². The molecule has 1 atom stereocenters. The Bertz CT molecular complexity index is 1650. The summed E-state index contributed by atoms with van der Waals surface area (Å²) in [6.45, 7) is 3.48. The molecule has 228 valence electrons. The zero-order chi connectivity index (χ0) is 30.7. The summed E-state index contributed by atoms with van der Waals surface area (Å²) in [5, 5.41) is 13.0. The number of carbonyl (C=O) groups is 1. The molecule has 5 rings (SSSR count). The van der Waals surface area contributed by atoms with Gasteiger partial charge >= 0.3 is 12.1 Å². The van der Waals surface area contributed by atoms with E-state index in [4.69, 9.17) is 14.2 Å². The number of esters is 1. The van der Waals surface area contributed by atoms with Gasteiger partial charge in [-0.3, -0.25) is 10.2 Å². The number of benzene rings is 2. The summed E-state index contributed by atoms with van der Waals surface area (Å²) < 4.78 is 60.5. The normalized spacial score (nSPS) is 15.6. The molecule has 0 bridgehead atoms. The van der Waals surface area contributed by atoms with E-state index >= 15 is 0 Å². The topological polar surface area (TPSA) is 141 Å². The Hall–Kier alpha value is -4.50. The van der Waals surface area contributed by atoms with Crippen LogP contribution in [-0.2, 0) is 4.79 Å². The van der Waals surface area contributed by atoms with Gasteiger partial charge in [-0.15, -0.1) is 0 Å². The maximum Gasteiger partial charge on any atom is 0.491 e. The number of methoxy groups -OCH3 is 2. The molecule has 1 aliphatic heterocycles. The van der Waals surface area contributed by atoms with Crippen molar-refractivity contribution in [1.82, 2.24) is 24.8 Å². The first-order valence-electron chi connectivity index (χ1n) is 13.4. The molecule has 1 unspecified atom stereocenters. The molecule has 43 heavy (non-hydrogen) atoms. The number of aliphatic hydroxyl groups excluding tert-OH is 1. The van der Waals surface area contributed by atoms with Crippen LogP contribution in [0.5, 0.6) is 23.1 Å². The van der Waals surface area contributed by atoms with Gasteiger partial charge in [-0.1, -0.05) is 0 Å². The van der Waals surface area contributed by atoms with Crippen LogP contribution < -0.4 is 24.3 Å². The standard InChI is InChI=1S/C28H29F3N6O6/c1-15-18-12-22(40-2)23(41-3)13-21(18)34-26(32-15)36-27-33-20-7-6-17(42-10-9-37-8-4-5-16(37)14-38)11-19(20)24(35-27)43-25(39)28(29,30)31/h6-7,11-13,16,38H,4-5,8-10,14H2,1-3H3,(H,32,33,34,35,36). The Kier molecular flexibility index (Phi) is 8.64. The molecule has 0 saturated carbocycles. The molecule has 2 N–H and O–H groups in total. The Morgan fingerprint density at radius 3 is 2.47 bits per heavy atom. The van der Waals surface area contributed by atoms with Gasteiger partial charge in [-0.25, -0.2) is 19.7 Å². The molecule has 0 amide bonds. The molecule has 1 fully saturated rings. The number of likely N-dealkylation sites (tertiary alicyclic amines) is 1. The van der Waals surface area contributed by atoms with Crippen LogP contribution in [0.3, 0.4) is 0 Å². The van der Waals surface area contributed by atoms with E-state index < -0.39 is 18.0 Å². The molecule has 1 saturated heterocycles. The number of ether oxygens (including phenoxy) is 4. The third-order valence-electron chi connectivity index (χ3n) is 7.03. The number of nitrogens with zero attached hydrogens (tertiary/aromatic N) is 5. The van der Waals surface area contributed by atoms with Gasteiger partial charge in [0.1, 0.15) is 12.4 Å². The molecule has 1 aliphatic rings. The van der Waals surface area contributed by atoms with E-state index in [1.807, 2.05) is 0 Å². The Balaban J connectivity index is 1.45. The zero-order valence-corrected chi connectivity index (χ0v) is 23.6. The van der Waals surface area contributed by atoms with Crippen molar-refractivity contribution in [2.45, 2.75) is 32.0 Å². The number of aliphatic hydroxyl groups is 1. The van der Waals surface area contributed by atoms with Crippen LogP contribution in [0.15, 0.2) is 30.3 Å². The van der Waals surface area contributed by atoms with Crippen LogP contribution >= 0.6 is 0 Å². The summed E-state index contributed by atoms with van der Waals surface area (Å²) in [5.41, 5.74) is 1.25. The van der Waals surface area contributed by atoms with Crippen LogP contribution in [0, 0.1) is 6.92 Å². The number of hydrogen-bond donors (Lipinski definition) is 2. The van der Waals surface area contributed by atoms with Gasteiger partial charge < -0.3 is 24.1 Å². The molecular formula is C28H29F3N6O6. The predicted octanol–water partition coefficient (Wildman–Crippen LogP) is 3.95. The minimum Gasteiger partial charge on any atom is -0.493 e. The lowest BCUT2D eigenvalue weighted by Gasteiger charge is -2.22. The van der Waals surface area contributed by atoms with Gasteiger partial charge in [0.2, 0.25) is 17.8 Å². The van der Waals surface area contributed by atoms with E-state index in [9.17, 15) is 23.1 Å². The molecule has 0 radical (unpaired) electrons. The van der Waals surface area contributed by atoms with Gasteiger partial charge in [-0.2, -0.15) is 18.2 Å². The highest BCUT2D eigenvalue weighted by Crippen LogP contribution is 2.34. The second-order valence-corrected chi connectivity index (χ2v) is 9.76. The largest absolute Gasteiger partial charge is 0.493 e. The van der Waals surface area contributed by atoms with E-state index in [2.05, 4.69) is 34.9 Å². The van der Waals surface area contributed by atoms with Gasteiger partial charge in [0, 0.05) is 24.0 Å². The Morgan fingerprint density at radius 2 is 1.74 bits per heavy atom. The predicted molar refractivity (Wildman–Crippen MR) is 149 cm³/mol. The second kappa shape index (κ2) is 12.4. The van der Waals surface area contributed by atoms with Gasteiger partial charge in [0.05, 0.1) is 42.9 Å². The smallest absolute Gasteiger partial charge is 0.491 e. The molecule has 4 aromatic rings. The highest BCUT2D eigenvalue weighted by atomic mass is 19.4. The Labute approximate surface area is 243 Å². The van der Waals surface area contributed by atoms with Crippen molar-refractivity contribution < 1.29 is 42.0 Å². The lowest BCUT2D eigenvalue weighted by molar-refractivity contribution is -0.189. The SMILES string of the molecule is COc1cc2nc(Nc3nc(OC(=O)C(F)(F)F)c4cc(OCCN5CCCC5CO)ccc4n3)nc(C)c2cc1OC. The third kappa shape index (κ3) is 6.62. The summed E-state index contributed by atoms with van der Waals surface area (Å²) in [7, 11) is 2.99. The fourth-order valence-electron chi connectivity index (χ4n) is 4.89. The van der Waals surface area contributed by atoms with Gasteiger partial charge in [0.25, 0.3) is 0 Å². The molecule has 2 aromatic heterocycles. The van der Waals surface area contributed by atoms with Crippen LogP contribution in [-0.4, -0.2) is 88.7 Å². The minimum absolute atomic E-state index is 0.0301. The van der Waals surface area contributed by atoms with Crippen molar-refractivity contribution in [2.24, 2.45) is 0 Å². The van der Waals surface area contributed by atoms with Crippen molar-refractivity contribution in [3.8, 4) is 23.1 Å². The fourth-order valence-corrected chi connectivity index (χ4v) is 4.89. The van der Waals surface area contributed by atoms with Gasteiger partial charge in [-0.05, 0) is 50.6 Å². The van der Waals surface area contributed by atoms with Crippen LogP contribution in [0.1, 0.15) is 18.5 Å². The van der Waals surface area contributed by atoms with Crippen LogP contribution in [0.25, 0.3) is 21.8 Å². The number of aromatic nitrogens is 4. The van der Waals surface area contributed by atoms with Crippen LogP contribution in [0.4, 0.5) is 25.1 Å². The quantitative estimate of drug-likeness (QED) is 0.254. The lowest BCUT2D eigenvalue weighted by Crippen LogP contribution is -2.35. The number of alkyl halides is 3. The fraction of sp³-hybridized carbons (Fsp3) is 0.393. The number of rotatable bonds is 10. The first-order valence-corrected chi connectivity index (χ1v) is 13.4. The molecule has 3 heterocycles. The maximum absolute atomic E-state index is 13.1. The van der Waals surface area contributed by atoms with Crippen LogP contribution in [0.2, 0.25) is 0 Å². The molecule has 2 aromatic carbocycles. The van der Waals surface area contributed by atoms with E-state index in [1.165, 1.54) is 26.4 Å². The summed E-state index contributed by atoms with van der Waals surface area (Å²) >= 11 is 0. The zero-order valence-electron chi connectivity index (χ0n) is 23.6. The van der Waals surface area contributed by atoms with Crippen molar-refractivity contribution in [1.29, 1.82) is 0 Å². The summed E-state index contributed by atoms with van der Waals surface area (Å²) in [5.74, 6) is -1.96. The highest BCUT2D eigenvalue weighted by Gasteiger charge is 2.42. The molecule has 12 nitrogen and oxygen atoms in total. The molecule has 0 spiro atoms. The first-order chi connectivity index (χ1) is 20.6. The number of aryl methyl sites for hydroxylation is 1. The number of nitrogens with one attached hydrogen (secondary N) is 1. The van der Waals surface area contributed by atoms with Crippen molar-refractivity contribution >= 4 is 39.7 Å². The number of carbonyl (C=O) groups excluding carboxylic acids is 1. The number of fused-ring (bicyclic) bond motifs is 2. The molecule has 0 aliphatic carbocycles. The van der Waals surface area contributed by atoms with E-state index in [-0.39, 0.29) is 42.1 Å². The second-order valence-electron chi connectivity index (χ2n) is 9.76. The monoisotopic (exact) mass is 602 g/mol. The average molecular weight is 603 g/mol. The molecule has 15 heteroatoms. The maximum atomic E-state index is 13.1. The highest BCUT2D eigenvalue weighted by molar-refractivity contribution is 5.90. The average Bonchev–Trinajstić information content (AvgIpc) is 3.43. The summed E-state index contributed by atoms with van der Waals surface area (Å²) in [4.78, 5) is 31.2.